The Morgan fingerprint density at radius 3 is 2.56 bits per heavy atom. The van der Waals surface area contributed by atoms with Crippen LogP contribution in [0.5, 0.6) is 0 Å². The number of anilines is 1. The summed E-state index contributed by atoms with van der Waals surface area (Å²) in [7, 11) is 0. The topological polar surface area (TPSA) is 67.9 Å². The van der Waals surface area contributed by atoms with Crippen LogP contribution in [0.3, 0.4) is 0 Å². The second-order valence-electron chi connectivity index (χ2n) is 4.53. The molecule has 18 heavy (non-hydrogen) atoms. The van der Waals surface area contributed by atoms with E-state index in [0.717, 1.165) is 24.0 Å². The summed E-state index contributed by atoms with van der Waals surface area (Å²) in [6, 6.07) is 8.10. The maximum Gasteiger partial charge on any atom is 0.246 e. The molecule has 5 nitrogen and oxygen atoms in total. The van der Waals surface area contributed by atoms with Gasteiger partial charge >= 0.3 is 0 Å². The molecule has 0 saturated heterocycles. The van der Waals surface area contributed by atoms with Crippen LogP contribution in [0.25, 0.3) is 11.0 Å². The van der Waals surface area contributed by atoms with Gasteiger partial charge in [-0.05, 0) is 38.9 Å². The molecule has 0 atom stereocenters. The van der Waals surface area contributed by atoms with Crippen molar-refractivity contribution in [1.29, 1.82) is 0 Å². The minimum absolute atomic E-state index is 0.333. The molecule has 0 saturated carbocycles. The number of hydrogen-bond donors (Lipinski definition) is 1. The molecule has 96 valence electrons. The summed E-state index contributed by atoms with van der Waals surface area (Å²) in [5.41, 5.74) is 7.26. The van der Waals surface area contributed by atoms with Crippen molar-refractivity contribution in [3.63, 3.8) is 0 Å². The predicted molar refractivity (Wildman–Crippen MR) is 73.5 cm³/mol. The van der Waals surface area contributed by atoms with Gasteiger partial charge in [0.25, 0.3) is 0 Å². The highest BCUT2D eigenvalue weighted by Gasteiger charge is 2.13. The average molecular weight is 245 g/mol. The van der Waals surface area contributed by atoms with Crippen LogP contribution in [0.2, 0.25) is 0 Å². The second kappa shape index (κ2) is 5.73. The SMILES string of the molecule is CC(C)N(CCCN)c1nnc2ccccc2n1. The van der Waals surface area contributed by atoms with E-state index in [2.05, 4.69) is 33.9 Å². The zero-order valence-corrected chi connectivity index (χ0v) is 10.9. The monoisotopic (exact) mass is 245 g/mol. The molecule has 5 heteroatoms. The Morgan fingerprint density at radius 2 is 1.89 bits per heavy atom. The van der Waals surface area contributed by atoms with Crippen LogP contribution in [-0.4, -0.2) is 34.3 Å². The molecule has 2 aromatic rings. The smallest absolute Gasteiger partial charge is 0.246 e. The van der Waals surface area contributed by atoms with E-state index < -0.39 is 0 Å². The van der Waals surface area contributed by atoms with Crippen molar-refractivity contribution in [2.75, 3.05) is 18.0 Å². The zero-order chi connectivity index (χ0) is 13.0. The first-order valence-electron chi connectivity index (χ1n) is 6.28. The number of aromatic nitrogens is 3. The van der Waals surface area contributed by atoms with Crippen molar-refractivity contribution in [2.45, 2.75) is 26.3 Å². The number of rotatable bonds is 5. The zero-order valence-electron chi connectivity index (χ0n) is 10.9. The lowest BCUT2D eigenvalue weighted by Gasteiger charge is -2.26. The van der Waals surface area contributed by atoms with E-state index in [1.807, 2.05) is 24.3 Å². The molecule has 1 heterocycles. The molecule has 0 spiro atoms. The first kappa shape index (κ1) is 12.7. The summed E-state index contributed by atoms with van der Waals surface area (Å²) < 4.78 is 0. The van der Waals surface area contributed by atoms with Crippen molar-refractivity contribution in [3.05, 3.63) is 24.3 Å². The summed E-state index contributed by atoms with van der Waals surface area (Å²) >= 11 is 0. The van der Waals surface area contributed by atoms with Crippen LogP contribution in [0.1, 0.15) is 20.3 Å². The van der Waals surface area contributed by atoms with E-state index in [0.29, 0.717) is 18.5 Å². The quantitative estimate of drug-likeness (QED) is 0.866. The normalized spacial score (nSPS) is 11.1. The maximum atomic E-state index is 5.56. The molecule has 1 aromatic heterocycles. The molecule has 2 N–H and O–H groups in total. The van der Waals surface area contributed by atoms with Crippen molar-refractivity contribution < 1.29 is 0 Å². The van der Waals surface area contributed by atoms with Crippen LogP contribution in [0.4, 0.5) is 5.95 Å². The van der Waals surface area contributed by atoms with Gasteiger partial charge in [0.1, 0.15) is 5.52 Å². The van der Waals surface area contributed by atoms with Crippen molar-refractivity contribution in [2.24, 2.45) is 5.73 Å². The van der Waals surface area contributed by atoms with Gasteiger partial charge in [-0.3, -0.25) is 0 Å². The van der Waals surface area contributed by atoms with Crippen LogP contribution in [0.15, 0.2) is 24.3 Å². The van der Waals surface area contributed by atoms with Crippen LogP contribution >= 0.6 is 0 Å². The highest BCUT2D eigenvalue weighted by Crippen LogP contribution is 2.14. The van der Waals surface area contributed by atoms with E-state index in [1.54, 1.807) is 0 Å². The van der Waals surface area contributed by atoms with E-state index in [9.17, 15) is 0 Å². The Balaban J connectivity index is 2.32. The van der Waals surface area contributed by atoms with Crippen molar-refractivity contribution >= 4 is 17.0 Å². The molecule has 0 fully saturated rings. The number of benzene rings is 1. The molecular formula is C13H19N5. The van der Waals surface area contributed by atoms with Gasteiger partial charge in [-0.2, -0.15) is 0 Å². The lowest BCUT2D eigenvalue weighted by atomic mass is 10.3. The molecule has 0 bridgehead atoms. The lowest BCUT2D eigenvalue weighted by molar-refractivity contribution is 0.635. The van der Waals surface area contributed by atoms with Crippen LogP contribution in [0, 0.1) is 0 Å². The van der Waals surface area contributed by atoms with E-state index >= 15 is 0 Å². The Hall–Kier alpha value is -1.75. The molecule has 0 aliphatic carbocycles. The maximum absolute atomic E-state index is 5.56. The number of nitrogens with two attached hydrogens (primary N) is 1. The third-order valence-corrected chi connectivity index (χ3v) is 2.83. The van der Waals surface area contributed by atoms with Crippen molar-refractivity contribution in [3.8, 4) is 0 Å². The Kier molecular flexibility index (Phi) is 4.04. The van der Waals surface area contributed by atoms with Gasteiger partial charge in [0.2, 0.25) is 5.95 Å². The Morgan fingerprint density at radius 1 is 1.17 bits per heavy atom. The van der Waals surface area contributed by atoms with Crippen LogP contribution < -0.4 is 10.6 Å². The molecule has 0 unspecified atom stereocenters. The summed E-state index contributed by atoms with van der Waals surface area (Å²) in [6.07, 6.45) is 0.925. The minimum atomic E-state index is 0.333. The standard InChI is InChI=1S/C13H19N5/c1-10(2)18(9-5-8-14)13-15-11-6-3-4-7-12(11)16-17-13/h3-4,6-7,10H,5,8-9,14H2,1-2H3. The molecule has 0 radical (unpaired) electrons. The van der Waals surface area contributed by atoms with Crippen LogP contribution in [-0.2, 0) is 0 Å². The molecule has 2 rings (SSSR count). The van der Waals surface area contributed by atoms with Gasteiger partial charge in [-0.1, -0.05) is 12.1 Å². The van der Waals surface area contributed by atoms with Crippen molar-refractivity contribution in [1.82, 2.24) is 15.2 Å². The van der Waals surface area contributed by atoms with Gasteiger partial charge in [0, 0.05) is 12.6 Å². The van der Waals surface area contributed by atoms with Gasteiger partial charge in [-0.15, -0.1) is 10.2 Å². The number of nitrogens with zero attached hydrogens (tertiary/aromatic N) is 4. The third-order valence-electron chi connectivity index (χ3n) is 2.83. The molecule has 0 aliphatic heterocycles. The van der Waals surface area contributed by atoms with Gasteiger partial charge in [-0.25, -0.2) is 4.98 Å². The van der Waals surface area contributed by atoms with Gasteiger partial charge in [0.05, 0.1) is 5.52 Å². The average Bonchev–Trinajstić information content (AvgIpc) is 2.38. The predicted octanol–water partition coefficient (Wildman–Crippen LogP) is 1.59. The molecular weight excluding hydrogens is 226 g/mol. The second-order valence-corrected chi connectivity index (χ2v) is 4.53. The minimum Gasteiger partial charge on any atom is -0.337 e. The highest BCUT2D eigenvalue weighted by atomic mass is 15.3. The fraction of sp³-hybridized carbons (Fsp3) is 0.462. The fourth-order valence-electron chi connectivity index (χ4n) is 1.84. The third kappa shape index (κ3) is 2.73. The summed E-state index contributed by atoms with van der Waals surface area (Å²) in [6.45, 7) is 5.77. The summed E-state index contributed by atoms with van der Waals surface area (Å²) in [5.74, 6) is 0.678. The molecule has 1 aromatic carbocycles. The fourth-order valence-corrected chi connectivity index (χ4v) is 1.84. The first-order chi connectivity index (χ1) is 8.72. The number of para-hydroxylation sites is 1. The Labute approximate surface area is 107 Å². The van der Waals surface area contributed by atoms with E-state index in [1.165, 1.54) is 0 Å². The lowest BCUT2D eigenvalue weighted by Crippen LogP contribution is -2.34. The van der Waals surface area contributed by atoms with Gasteiger partial charge in [0.15, 0.2) is 0 Å². The van der Waals surface area contributed by atoms with E-state index in [4.69, 9.17) is 5.73 Å². The highest BCUT2D eigenvalue weighted by molar-refractivity contribution is 5.74. The Bertz CT molecular complexity index is 511. The first-order valence-corrected chi connectivity index (χ1v) is 6.28. The number of fused-ring (bicyclic) bond motifs is 1. The largest absolute Gasteiger partial charge is 0.337 e. The van der Waals surface area contributed by atoms with E-state index in [-0.39, 0.29) is 0 Å². The molecule has 0 amide bonds. The summed E-state index contributed by atoms with van der Waals surface area (Å²) in [5, 5.41) is 8.41. The molecule has 0 aliphatic rings. The van der Waals surface area contributed by atoms with Gasteiger partial charge < -0.3 is 10.6 Å². The summed E-state index contributed by atoms with van der Waals surface area (Å²) in [4.78, 5) is 6.69. The number of hydrogen-bond acceptors (Lipinski definition) is 5.